The monoisotopic (exact) mass is 319 g/mol. The van der Waals surface area contributed by atoms with Gasteiger partial charge in [-0.25, -0.2) is 4.79 Å². The maximum Gasteiger partial charge on any atom is 0.324 e. The summed E-state index contributed by atoms with van der Waals surface area (Å²) in [4.78, 5) is 25.3. The Balaban J connectivity index is 2.20. The van der Waals surface area contributed by atoms with Crippen LogP contribution in [0.25, 0.3) is 0 Å². The summed E-state index contributed by atoms with van der Waals surface area (Å²) in [6.07, 6.45) is 0. The highest BCUT2D eigenvalue weighted by atomic mass is 16.5. The highest BCUT2D eigenvalue weighted by molar-refractivity contribution is 5.99. The zero-order valence-corrected chi connectivity index (χ0v) is 14.4. The molecule has 1 aliphatic rings. The van der Waals surface area contributed by atoms with E-state index in [1.54, 1.807) is 14.0 Å². The molecular formula is C17H25N3O3. The summed E-state index contributed by atoms with van der Waals surface area (Å²) >= 11 is 0. The number of benzene rings is 1. The molecule has 1 aliphatic heterocycles. The molecule has 0 aliphatic carbocycles. The number of anilines is 1. The Labute approximate surface area is 137 Å². The Hall–Kier alpha value is -2.24. The van der Waals surface area contributed by atoms with E-state index in [1.807, 2.05) is 18.2 Å². The first-order valence-corrected chi connectivity index (χ1v) is 7.78. The summed E-state index contributed by atoms with van der Waals surface area (Å²) in [5.74, 6) is 0.423. The van der Waals surface area contributed by atoms with Crippen LogP contribution < -0.4 is 15.4 Å². The average Bonchev–Trinajstić information content (AvgIpc) is 2.91. The van der Waals surface area contributed by atoms with Gasteiger partial charge in [-0.1, -0.05) is 26.8 Å². The first kappa shape index (κ1) is 17.1. The van der Waals surface area contributed by atoms with Gasteiger partial charge in [0.1, 0.15) is 11.8 Å². The van der Waals surface area contributed by atoms with Crippen LogP contribution in [0.15, 0.2) is 18.2 Å². The zero-order chi connectivity index (χ0) is 17.2. The van der Waals surface area contributed by atoms with Crippen LogP contribution in [0.5, 0.6) is 5.75 Å². The molecule has 1 atom stereocenters. The minimum absolute atomic E-state index is 0.00914. The number of carbonyl (C=O) groups excluding carboxylic acids is 2. The third-order valence-electron chi connectivity index (χ3n) is 3.93. The van der Waals surface area contributed by atoms with E-state index in [9.17, 15) is 9.59 Å². The second-order valence-corrected chi connectivity index (χ2v) is 6.75. The standard InChI is InChI=1S/C17H25N3O3/c1-11(15(21)20-9-8-18-16(20)22)19-13-10-12(17(2,3)4)6-7-14(13)23-5/h6-7,10-11,19H,8-9H2,1-5H3,(H,18,22)/t11-/m0/s1. The number of nitrogens with zero attached hydrogens (tertiary/aromatic N) is 1. The first-order chi connectivity index (χ1) is 10.7. The average molecular weight is 319 g/mol. The number of rotatable bonds is 4. The second kappa shape index (κ2) is 6.48. The maximum atomic E-state index is 12.4. The summed E-state index contributed by atoms with van der Waals surface area (Å²) in [7, 11) is 1.59. The van der Waals surface area contributed by atoms with Crippen molar-refractivity contribution in [3.63, 3.8) is 0 Å². The third-order valence-corrected chi connectivity index (χ3v) is 3.93. The Morgan fingerprint density at radius 2 is 2.09 bits per heavy atom. The van der Waals surface area contributed by atoms with Crippen molar-refractivity contribution < 1.29 is 14.3 Å². The van der Waals surface area contributed by atoms with E-state index < -0.39 is 6.04 Å². The van der Waals surface area contributed by atoms with Crippen LogP contribution in [-0.4, -0.2) is 43.1 Å². The lowest BCUT2D eigenvalue weighted by Gasteiger charge is -2.24. The second-order valence-electron chi connectivity index (χ2n) is 6.75. The fourth-order valence-corrected chi connectivity index (χ4v) is 2.50. The van der Waals surface area contributed by atoms with Crippen molar-refractivity contribution in [2.45, 2.75) is 39.2 Å². The number of hydrogen-bond acceptors (Lipinski definition) is 4. The van der Waals surface area contributed by atoms with E-state index >= 15 is 0 Å². The van der Waals surface area contributed by atoms with Crippen LogP contribution >= 0.6 is 0 Å². The lowest BCUT2D eigenvalue weighted by molar-refractivity contribution is -0.128. The lowest BCUT2D eigenvalue weighted by Crippen LogP contribution is -2.43. The molecule has 2 rings (SSSR count). The Morgan fingerprint density at radius 1 is 1.39 bits per heavy atom. The van der Waals surface area contributed by atoms with Gasteiger partial charge in [0.05, 0.1) is 12.8 Å². The number of amides is 3. The molecule has 0 unspecified atom stereocenters. The Morgan fingerprint density at radius 3 is 2.61 bits per heavy atom. The molecule has 2 N–H and O–H groups in total. The van der Waals surface area contributed by atoms with Crippen molar-refractivity contribution in [1.82, 2.24) is 10.2 Å². The van der Waals surface area contributed by atoms with Crippen molar-refractivity contribution in [3.8, 4) is 5.75 Å². The van der Waals surface area contributed by atoms with Crippen molar-refractivity contribution in [1.29, 1.82) is 0 Å². The van der Waals surface area contributed by atoms with E-state index in [0.29, 0.717) is 18.8 Å². The number of carbonyl (C=O) groups is 2. The summed E-state index contributed by atoms with van der Waals surface area (Å²) < 4.78 is 5.37. The SMILES string of the molecule is COc1ccc(C(C)(C)C)cc1N[C@@H](C)C(=O)N1CCNC1=O. The molecule has 23 heavy (non-hydrogen) atoms. The molecule has 1 aromatic rings. The predicted octanol–water partition coefficient (Wildman–Crippen LogP) is 2.34. The van der Waals surface area contributed by atoms with Gasteiger partial charge in [0.15, 0.2) is 0 Å². The highest BCUT2D eigenvalue weighted by Crippen LogP contribution is 2.31. The maximum absolute atomic E-state index is 12.4. The number of imide groups is 1. The number of methoxy groups -OCH3 is 1. The molecule has 0 saturated carbocycles. The molecule has 0 radical (unpaired) electrons. The molecule has 1 saturated heterocycles. The van der Waals surface area contributed by atoms with E-state index in [0.717, 1.165) is 11.3 Å². The van der Waals surface area contributed by atoms with Gasteiger partial charge in [0.25, 0.3) is 5.91 Å². The molecular weight excluding hydrogens is 294 g/mol. The van der Waals surface area contributed by atoms with E-state index in [-0.39, 0.29) is 17.4 Å². The number of urea groups is 1. The lowest BCUT2D eigenvalue weighted by atomic mass is 9.86. The van der Waals surface area contributed by atoms with Gasteiger partial charge in [0, 0.05) is 13.1 Å². The highest BCUT2D eigenvalue weighted by Gasteiger charge is 2.30. The van der Waals surface area contributed by atoms with Gasteiger partial charge >= 0.3 is 6.03 Å². The fourth-order valence-electron chi connectivity index (χ4n) is 2.50. The van der Waals surface area contributed by atoms with Crippen LogP contribution in [0, 0.1) is 0 Å². The number of hydrogen-bond donors (Lipinski definition) is 2. The molecule has 1 heterocycles. The van der Waals surface area contributed by atoms with Crippen molar-refractivity contribution in [2.75, 3.05) is 25.5 Å². The van der Waals surface area contributed by atoms with Crippen LogP contribution in [-0.2, 0) is 10.2 Å². The normalized spacial score (nSPS) is 16.0. The van der Waals surface area contributed by atoms with Crippen molar-refractivity contribution in [3.05, 3.63) is 23.8 Å². The van der Waals surface area contributed by atoms with E-state index in [2.05, 4.69) is 31.4 Å². The van der Waals surface area contributed by atoms with Gasteiger partial charge < -0.3 is 15.4 Å². The largest absolute Gasteiger partial charge is 0.495 e. The van der Waals surface area contributed by atoms with Crippen LogP contribution in [0.1, 0.15) is 33.3 Å². The molecule has 6 heteroatoms. The molecule has 3 amide bonds. The number of ether oxygens (including phenoxy) is 1. The topological polar surface area (TPSA) is 70.7 Å². The smallest absolute Gasteiger partial charge is 0.324 e. The van der Waals surface area contributed by atoms with Crippen molar-refractivity contribution in [2.24, 2.45) is 0 Å². The van der Waals surface area contributed by atoms with Gasteiger partial charge in [0.2, 0.25) is 0 Å². The molecule has 0 bridgehead atoms. The third kappa shape index (κ3) is 3.75. The minimum atomic E-state index is -0.525. The quantitative estimate of drug-likeness (QED) is 0.894. The van der Waals surface area contributed by atoms with Gasteiger partial charge in [-0.2, -0.15) is 0 Å². The van der Waals surface area contributed by atoms with Gasteiger partial charge in [-0.05, 0) is 30.0 Å². The molecule has 6 nitrogen and oxygen atoms in total. The minimum Gasteiger partial charge on any atom is -0.495 e. The zero-order valence-electron chi connectivity index (χ0n) is 14.4. The summed E-state index contributed by atoms with van der Waals surface area (Å²) in [5, 5.41) is 5.81. The van der Waals surface area contributed by atoms with Gasteiger partial charge in [-0.15, -0.1) is 0 Å². The number of nitrogens with one attached hydrogen (secondary N) is 2. The van der Waals surface area contributed by atoms with Crippen LogP contribution in [0.4, 0.5) is 10.5 Å². The summed E-state index contributed by atoms with van der Waals surface area (Å²) in [6, 6.07) is 5.04. The Kier molecular flexibility index (Phi) is 4.82. The molecule has 0 spiro atoms. The molecule has 1 aromatic carbocycles. The van der Waals surface area contributed by atoms with Crippen LogP contribution in [0.2, 0.25) is 0 Å². The Bertz CT molecular complexity index is 608. The fraction of sp³-hybridized carbons (Fsp3) is 0.529. The molecule has 0 aromatic heterocycles. The summed E-state index contributed by atoms with van der Waals surface area (Å²) in [5.41, 5.74) is 1.88. The van der Waals surface area contributed by atoms with Crippen molar-refractivity contribution >= 4 is 17.6 Å². The van der Waals surface area contributed by atoms with Gasteiger partial charge in [-0.3, -0.25) is 9.69 Å². The predicted molar refractivity (Wildman–Crippen MR) is 89.9 cm³/mol. The summed E-state index contributed by atoms with van der Waals surface area (Å²) in [6.45, 7) is 9.03. The first-order valence-electron chi connectivity index (χ1n) is 7.78. The van der Waals surface area contributed by atoms with E-state index in [1.165, 1.54) is 4.90 Å². The molecule has 1 fully saturated rings. The molecule has 126 valence electrons. The van der Waals surface area contributed by atoms with Crippen LogP contribution in [0.3, 0.4) is 0 Å². The van der Waals surface area contributed by atoms with E-state index in [4.69, 9.17) is 4.74 Å².